The smallest absolute Gasteiger partial charge is 0.311 e. The van der Waals surface area contributed by atoms with Gasteiger partial charge in [-0.2, -0.15) is 0 Å². The molecule has 3 aromatic rings. The van der Waals surface area contributed by atoms with Gasteiger partial charge < -0.3 is 24.5 Å². The molecule has 0 spiro atoms. The van der Waals surface area contributed by atoms with Crippen molar-refractivity contribution in [1.29, 1.82) is 0 Å². The molecule has 0 aliphatic carbocycles. The summed E-state index contributed by atoms with van der Waals surface area (Å²) in [6, 6.07) is 13.1. The summed E-state index contributed by atoms with van der Waals surface area (Å²) in [5.74, 6) is -1.75. The first-order chi connectivity index (χ1) is 16.3. The van der Waals surface area contributed by atoms with E-state index in [4.69, 9.17) is 21.1 Å². The van der Waals surface area contributed by atoms with E-state index in [2.05, 4.69) is 5.32 Å². The summed E-state index contributed by atoms with van der Waals surface area (Å²) in [4.78, 5) is 25.1. The predicted molar refractivity (Wildman–Crippen MR) is 131 cm³/mol. The molecule has 180 valence electrons. The highest BCUT2D eigenvalue weighted by molar-refractivity contribution is 6.35. The van der Waals surface area contributed by atoms with Crippen LogP contribution in [0.2, 0.25) is 5.02 Å². The van der Waals surface area contributed by atoms with Crippen molar-refractivity contribution < 1.29 is 24.2 Å². The number of aliphatic carboxylic acids is 1. The van der Waals surface area contributed by atoms with E-state index in [1.807, 2.05) is 61.0 Å². The van der Waals surface area contributed by atoms with Crippen LogP contribution in [0.15, 0.2) is 42.5 Å². The molecule has 2 heterocycles. The van der Waals surface area contributed by atoms with Crippen LogP contribution in [0.4, 0.5) is 0 Å². The van der Waals surface area contributed by atoms with Crippen LogP contribution < -0.4 is 5.32 Å². The summed E-state index contributed by atoms with van der Waals surface area (Å²) in [7, 11) is 3.41. The Morgan fingerprint density at radius 1 is 1.26 bits per heavy atom. The van der Waals surface area contributed by atoms with Crippen molar-refractivity contribution in [2.45, 2.75) is 31.2 Å². The average molecular weight is 485 g/mol. The molecule has 4 rings (SSSR count). The number of fused-ring (bicyclic) bond motifs is 1. The Kier molecular flexibility index (Phi) is 6.98. The summed E-state index contributed by atoms with van der Waals surface area (Å²) in [6.07, 6.45) is 1.01. The zero-order valence-electron chi connectivity index (χ0n) is 19.6. The van der Waals surface area contributed by atoms with Gasteiger partial charge in [0.05, 0.1) is 28.6 Å². The number of benzene rings is 2. The molecule has 7 nitrogen and oxygen atoms in total. The number of aromatic nitrogens is 1. The maximum atomic E-state index is 13.4. The molecule has 2 unspecified atom stereocenters. The number of hydrogen-bond acceptors (Lipinski definition) is 4. The molecule has 1 aliphatic heterocycles. The lowest BCUT2D eigenvalue weighted by molar-refractivity contribution is -0.139. The maximum Gasteiger partial charge on any atom is 0.311 e. The molecule has 0 radical (unpaired) electrons. The summed E-state index contributed by atoms with van der Waals surface area (Å²) >= 11 is 6.43. The highest BCUT2D eigenvalue weighted by Gasteiger charge is 2.39. The third kappa shape index (κ3) is 4.56. The number of nitrogens with one attached hydrogen (secondary N) is 1. The predicted octanol–water partition coefficient (Wildman–Crippen LogP) is 4.39. The van der Waals surface area contributed by atoms with Gasteiger partial charge >= 0.3 is 5.97 Å². The summed E-state index contributed by atoms with van der Waals surface area (Å²) in [6.45, 7) is 3.19. The van der Waals surface area contributed by atoms with Crippen LogP contribution >= 0.6 is 11.6 Å². The maximum absolute atomic E-state index is 13.4. The standard InChI is InChI=1S/C26H29ClN2O5/c1-16-12-21(27)20-14-23(29(2)22(20)13-16)24(30)28-26(9-11-34-15-26)18-6-4-17(5-7-18)19(25(31)32)8-10-33-3/h4-7,12-14,19H,8-11,15H2,1-3H3,(H,28,30)(H,31,32). The molecule has 1 saturated heterocycles. The number of nitrogens with zero attached hydrogens (tertiary/aromatic N) is 1. The number of hydrogen-bond donors (Lipinski definition) is 2. The number of carbonyl (C=O) groups excluding carboxylic acids is 1. The van der Waals surface area contributed by atoms with Crippen molar-refractivity contribution in [1.82, 2.24) is 9.88 Å². The molecule has 1 fully saturated rings. The summed E-state index contributed by atoms with van der Waals surface area (Å²) < 4.78 is 12.6. The Labute approximate surface area is 203 Å². The van der Waals surface area contributed by atoms with Gasteiger partial charge in [0.25, 0.3) is 5.91 Å². The van der Waals surface area contributed by atoms with Gasteiger partial charge in [-0.15, -0.1) is 0 Å². The average Bonchev–Trinajstić information content (AvgIpc) is 3.40. The van der Waals surface area contributed by atoms with Crippen LogP contribution in [-0.4, -0.2) is 48.5 Å². The molecule has 1 amide bonds. The molecule has 1 aliphatic rings. The first kappa shape index (κ1) is 24.3. The molecular formula is C26H29ClN2O5. The molecule has 2 aromatic carbocycles. The number of aryl methyl sites for hydroxylation is 2. The molecule has 34 heavy (non-hydrogen) atoms. The first-order valence-electron chi connectivity index (χ1n) is 11.2. The number of carboxylic acid groups (broad SMARTS) is 1. The Bertz CT molecular complexity index is 1210. The van der Waals surface area contributed by atoms with Gasteiger partial charge in [-0.1, -0.05) is 35.9 Å². The van der Waals surface area contributed by atoms with Gasteiger partial charge in [-0.05, 0) is 48.2 Å². The number of methoxy groups -OCH3 is 1. The highest BCUT2D eigenvalue weighted by atomic mass is 35.5. The second kappa shape index (κ2) is 9.78. The van der Waals surface area contributed by atoms with Gasteiger partial charge in [0.1, 0.15) is 5.69 Å². The lowest BCUT2D eigenvalue weighted by Gasteiger charge is -2.30. The second-order valence-corrected chi connectivity index (χ2v) is 9.31. The van der Waals surface area contributed by atoms with Gasteiger partial charge in [0.2, 0.25) is 0 Å². The number of rotatable bonds is 8. The Morgan fingerprint density at radius 3 is 2.62 bits per heavy atom. The van der Waals surface area contributed by atoms with Crippen LogP contribution in [0.3, 0.4) is 0 Å². The SMILES string of the molecule is COCCC(C(=O)O)c1ccc(C2(NC(=O)c3cc4c(Cl)cc(C)cc4n3C)CCOC2)cc1. The third-order valence-corrected chi connectivity index (χ3v) is 6.95. The molecule has 2 atom stereocenters. The molecular weight excluding hydrogens is 456 g/mol. The molecule has 2 N–H and O–H groups in total. The van der Waals surface area contributed by atoms with Crippen molar-refractivity contribution in [2.75, 3.05) is 26.9 Å². The Hall–Kier alpha value is -2.87. The van der Waals surface area contributed by atoms with Crippen LogP contribution in [0.25, 0.3) is 10.9 Å². The number of ether oxygens (including phenoxy) is 2. The highest BCUT2D eigenvalue weighted by Crippen LogP contribution is 2.34. The Morgan fingerprint density at radius 2 is 2.00 bits per heavy atom. The fraction of sp³-hybridized carbons (Fsp3) is 0.385. The van der Waals surface area contributed by atoms with Gasteiger partial charge in [-0.25, -0.2) is 0 Å². The minimum Gasteiger partial charge on any atom is -0.481 e. The van der Waals surface area contributed by atoms with E-state index in [1.165, 1.54) is 0 Å². The van der Waals surface area contributed by atoms with E-state index >= 15 is 0 Å². The normalized spacial score (nSPS) is 18.8. The van der Waals surface area contributed by atoms with Crippen LogP contribution in [0, 0.1) is 6.92 Å². The van der Waals surface area contributed by atoms with Gasteiger partial charge in [0, 0.05) is 39.2 Å². The fourth-order valence-corrected chi connectivity index (χ4v) is 5.01. The minimum atomic E-state index is -0.887. The number of halogens is 1. The number of amides is 1. The van der Waals surface area contributed by atoms with Crippen LogP contribution in [-0.2, 0) is 26.9 Å². The zero-order valence-corrected chi connectivity index (χ0v) is 20.3. The molecule has 0 bridgehead atoms. The van der Waals surface area contributed by atoms with Crippen molar-refractivity contribution in [3.8, 4) is 0 Å². The van der Waals surface area contributed by atoms with Crippen molar-refractivity contribution >= 4 is 34.4 Å². The van der Waals surface area contributed by atoms with Crippen LogP contribution in [0.1, 0.15) is 45.9 Å². The molecule has 0 saturated carbocycles. The Balaban J connectivity index is 1.63. The minimum absolute atomic E-state index is 0.217. The quantitative estimate of drug-likeness (QED) is 0.495. The number of carboxylic acids is 1. The number of carbonyl (C=O) groups is 2. The van der Waals surface area contributed by atoms with Crippen molar-refractivity contribution in [3.63, 3.8) is 0 Å². The second-order valence-electron chi connectivity index (χ2n) is 8.90. The monoisotopic (exact) mass is 484 g/mol. The third-order valence-electron chi connectivity index (χ3n) is 6.64. The van der Waals surface area contributed by atoms with E-state index in [1.54, 1.807) is 7.11 Å². The lowest BCUT2D eigenvalue weighted by Crippen LogP contribution is -2.47. The van der Waals surface area contributed by atoms with Gasteiger partial charge in [-0.3, -0.25) is 9.59 Å². The molecule has 1 aromatic heterocycles. The van der Waals surface area contributed by atoms with Crippen molar-refractivity contribution in [2.24, 2.45) is 7.05 Å². The topological polar surface area (TPSA) is 89.8 Å². The molecule has 8 heteroatoms. The summed E-state index contributed by atoms with van der Waals surface area (Å²) in [5, 5.41) is 14.3. The summed E-state index contributed by atoms with van der Waals surface area (Å²) in [5.41, 5.74) is 3.31. The van der Waals surface area contributed by atoms with E-state index in [0.29, 0.717) is 48.9 Å². The van der Waals surface area contributed by atoms with E-state index < -0.39 is 17.4 Å². The first-order valence-corrected chi connectivity index (χ1v) is 11.6. The van der Waals surface area contributed by atoms with E-state index in [0.717, 1.165) is 22.0 Å². The van der Waals surface area contributed by atoms with E-state index in [-0.39, 0.29) is 5.91 Å². The van der Waals surface area contributed by atoms with Crippen LogP contribution in [0.5, 0.6) is 0 Å². The fourth-order valence-electron chi connectivity index (χ4n) is 4.68. The lowest BCUT2D eigenvalue weighted by atomic mass is 9.86. The van der Waals surface area contributed by atoms with Gasteiger partial charge in [0.15, 0.2) is 0 Å². The largest absolute Gasteiger partial charge is 0.481 e. The van der Waals surface area contributed by atoms with E-state index in [9.17, 15) is 14.7 Å². The zero-order chi connectivity index (χ0) is 24.5. The van der Waals surface area contributed by atoms with Crippen molar-refractivity contribution in [3.05, 3.63) is 69.9 Å².